The molecule has 0 atom stereocenters. The van der Waals surface area contributed by atoms with Gasteiger partial charge in [0.2, 0.25) is 13.6 Å². The summed E-state index contributed by atoms with van der Waals surface area (Å²) in [6, 6.07) is 8.39. The Kier molecular flexibility index (Phi) is 13.4. The van der Waals surface area contributed by atoms with Gasteiger partial charge >= 0.3 is 19.5 Å². The van der Waals surface area contributed by atoms with E-state index in [1.54, 1.807) is 58.4 Å². The van der Waals surface area contributed by atoms with Crippen LogP contribution in [0.15, 0.2) is 42.6 Å². The number of nitrogens with zero attached hydrogens (tertiary/aromatic N) is 3. The first-order valence-corrected chi connectivity index (χ1v) is 15.8. The molecule has 0 fully saturated rings. The van der Waals surface area contributed by atoms with Gasteiger partial charge in [0.05, 0.1) is 29.7 Å². The minimum atomic E-state index is -3.80. The summed E-state index contributed by atoms with van der Waals surface area (Å²) in [4.78, 5) is 24.1. The number of esters is 2. The van der Waals surface area contributed by atoms with E-state index in [0.29, 0.717) is 6.54 Å². The third-order valence-corrected chi connectivity index (χ3v) is 7.65. The molecule has 41 heavy (non-hydrogen) atoms. The van der Waals surface area contributed by atoms with Crippen LogP contribution in [-0.2, 0) is 45.6 Å². The lowest BCUT2D eigenvalue weighted by Crippen LogP contribution is -2.25. The molecule has 228 valence electrons. The molecule has 0 saturated heterocycles. The van der Waals surface area contributed by atoms with Gasteiger partial charge in [0.25, 0.3) is 0 Å². The number of hydrogen-bond donors (Lipinski definition) is 0. The molecule has 11 heteroatoms. The van der Waals surface area contributed by atoms with Crippen LogP contribution in [0.5, 0.6) is 0 Å². The monoisotopic (exact) mass is 591 g/mol. The van der Waals surface area contributed by atoms with Gasteiger partial charge in [-0.15, -0.1) is 5.10 Å². The third kappa shape index (κ3) is 12.7. The summed E-state index contributed by atoms with van der Waals surface area (Å²) in [7, 11) is -3.80. The van der Waals surface area contributed by atoms with Crippen LogP contribution in [0.3, 0.4) is 0 Å². The molecule has 0 amide bonds. The van der Waals surface area contributed by atoms with Crippen LogP contribution in [0, 0.1) is 10.8 Å². The Morgan fingerprint density at radius 3 is 2.00 bits per heavy atom. The van der Waals surface area contributed by atoms with E-state index in [9.17, 15) is 14.2 Å². The highest BCUT2D eigenvalue weighted by molar-refractivity contribution is 7.54. The molecule has 0 bridgehead atoms. The van der Waals surface area contributed by atoms with Crippen LogP contribution in [0.2, 0.25) is 0 Å². The van der Waals surface area contributed by atoms with Crippen LogP contribution in [0.25, 0.3) is 11.3 Å². The standard InChI is InChI=1S/C30H46N3O7P/c1-8-9-10-11-14-24-15-17-25(18-16-24)26-21-33(32-31-26)19-12-13-20-41(36,39-22-37-27(34)29(2,3)4)40-23-38-28(35)30(5,6)7/h12-13,15-18,21H,8-11,14,19-20,22-23H2,1-7H3/b13-12+. The highest BCUT2D eigenvalue weighted by Crippen LogP contribution is 2.48. The molecule has 0 N–H and O–H groups in total. The molecule has 0 aliphatic rings. The van der Waals surface area contributed by atoms with Gasteiger partial charge in [-0.1, -0.05) is 67.8 Å². The van der Waals surface area contributed by atoms with Crippen LogP contribution in [-0.4, -0.2) is 46.7 Å². The van der Waals surface area contributed by atoms with Crippen LogP contribution < -0.4 is 0 Å². The molecule has 1 heterocycles. The van der Waals surface area contributed by atoms with Gasteiger partial charge in [0, 0.05) is 5.56 Å². The van der Waals surface area contributed by atoms with E-state index in [1.165, 1.54) is 31.2 Å². The maximum Gasteiger partial charge on any atom is 0.340 e. The minimum Gasteiger partial charge on any atom is -0.438 e. The molecule has 0 aliphatic carbocycles. The van der Waals surface area contributed by atoms with E-state index in [4.69, 9.17) is 18.5 Å². The van der Waals surface area contributed by atoms with Crippen molar-refractivity contribution >= 4 is 19.5 Å². The number of carbonyl (C=O) groups excluding carboxylic acids is 2. The zero-order chi connectivity index (χ0) is 30.5. The summed E-state index contributed by atoms with van der Waals surface area (Å²) in [5.41, 5.74) is 1.57. The summed E-state index contributed by atoms with van der Waals surface area (Å²) in [6.07, 6.45) is 11.1. The molecule has 10 nitrogen and oxygen atoms in total. The Bertz CT molecular complexity index is 1140. The minimum absolute atomic E-state index is 0.131. The van der Waals surface area contributed by atoms with Crippen molar-refractivity contribution in [2.24, 2.45) is 10.8 Å². The van der Waals surface area contributed by atoms with Crippen molar-refractivity contribution in [3.63, 3.8) is 0 Å². The summed E-state index contributed by atoms with van der Waals surface area (Å²) < 4.78 is 35.8. The highest BCUT2D eigenvalue weighted by Gasteiger charge is 2.29. The van der Waals surface area contributed by atoms with Crippen molar-refractivity contribution < 1.29 is 32.7 Å². The second kappa shape index (κ2) is 16.0. The van der Waals surface area contributed by atoms with E-state index in [-0.39, 0.29) is 6.16 Å². The predicted molar refractivity (Wildman–Crippen MR) is 158 cm³/mol. The molecule has 0 radical (unpaired) electrons. The van der Waals surface area contributed by atoms with E-state index >= 15 is 0 Å². The summed E-state index contributed by atoms with van der Waals surface area (Å²) >= 11 is 0. The fraction of sp³-hybridized carbons (Fsp3) is 0.600. The van der Waals surface area contributed by atoms with Gasteiger partial charge in [0.15, 0.2) is 0 Å². The number of ether oxygens (including phenoxy) is 2. The van der Waals surface area contributed by atoms with E-state index in [0.717, 1.165) is 17.7 Å². The number of hydrogen-bond acceptors (Lipinski definition) is 9. The summed E-state index contributed by atoms with van der Waals surface area (Å²) in [5.74, 6) is -1.02. The second-order valence-corrected chi connectivity index (χ2v) is 14.1. The lowest BCUT2D eigenvalue weighted by molar-refractivity contribution is -0.161. The highest BCUT2D eigenvalue weighted by atomic mass is 31.2. The average molecular weight is 592 g/mol. The van der Waals surface area contributed by atoms with Gasteiger partial charge < -0.3 is 9.47 Å². The molecule has 1 aromatic carbocycles. The molecule has 2 aromatic rings. The van der Waals surface area contributed by atoms with Crippen molar-refractivity contribution in [2.75, 3.05) is 19.7 Å². The Balaban J connectivity index is 1.94. The van der Waals surface area contributed by atoms with E-state index < -0.39 is 44.0 Å². The molecular weight excluding hydrogens is 545 g/mol. The number of allylic oxidation sites excluding steroid dienone is 2. The first-order valence-electron chi connectivity index (χ1n) is 14.1. The maximum atomic E-state index is 13.3. The van der Waals surface area contributed by atoms with Crippen molar-refractivity contribution in [1.82, 2.24) is 15.0 Å². The normalized spacial score (nSPS) is 12.6. The molecular formula is C30H46N3O7P. The lowest BCUT2D eigenvalue weighted by Gasteiger charge is -2.21. The van der Waals surface area contributed by atoms with Gasteiger partial charge in [-0.2, -0.15) is 0 Å². The van der Waals surface area contributed by atoms with E-state index in [2.05, 4.69) is 41.5 Å². The Morgan fingerprint density at radius 1 is 0.878 bits per heavy atom. The van der Waals surface area contributed by atoms with Gasteiger partial charge in [-0.3, -0.25) is 23.2 Å². The van der Waals surface area contributed by atoms with Crippen molar-refractivity contribution in [2.45, 2.75) is 87.1 Å². The maximum absolute atomic E-state index is 13.3. The fourth-order valence-electron chi connectivity index (χ4n) is 3.40. The number of benzene rings is 1. The largest absolute Gasteiger partial charge is 0.438 e. The molecule has 0 aliphatic heterocycles. The van der Waals surface area contributed by atoms with Crippen molar-refractivity contribution in [3.05, 3.63) is 48.2 Å². The SMILES string of the molecule is CCCCCCc1ccc(-c2cn(C/C=C/CP(=O)(OCOC(=O)C(C)(C)C)OCOC(=O)C(C)(C)C)nn2)cc1. The Labute approximate surface area is 244 Å². The lowest BCUT2D eigenvalue weighted by atomic mass is 9.98. The quantitative estimate of drug-likeness (QED) is 0.0672. The smallest absolute Gasteiger partial charge is 0.340 e. The van der Waals surface area contributed by atoms with Crippen molar-refractivity contribution in [3.8, 4) is 11.3 Å². The molecule has 0 saturated carbocycles. The Morgan fingerprint density at radius 2 is 1.46 bits per heavy atom. The first-order chi connectivity index (χ1) is 19.2. The van der Waals surface area contributed by atoms with Gasteiger partial charge in [-0.25, -0.2) is 4.68 Å². The number of aromatic nitrogens is 3. The third-order valence-electron chi connectivity index (χ3n) is 6.00. The topological polar surface area (TPSA) is 119 Å². The first kappa shape index (κ1) is 34.4. The molecule has 0 spiro atoms. The molecule has 2 rings (SSSR count). The van der Waals surface area contributed by atoms with Crippen LogP contribution in [0.1, 0.15) is 79.7 Å². The molecule has 0 unspecified atom stereocenters. The average Bonchev–Trinajstić information content (AvgIpc) is 3.37. The number of unbranched alkanes of at least 4 members (excludes halogenated alkanes) is 3. The van der Waals surface area contributed by atoms with Crippen LogP contribution in [0.4, 0.5) is 0 Å². The van der Waals surface area contributed by atoms with Gasteiger partial charge in [0.1, 0.15) is 5.69 Å². The fourth-order valence-corrected chi connectivity index (χ4v) is 4.52. The summed E-state index contributed by atoms with van der Waals surface area (Å²) in [5, 5.41) is 8.43. The predicted octanol–water partition coefficient (Wildman–Crippen LogP) is 6.94. The molecule has 1 aromatic heterocycles. The Hall–Kier alpha value is -2.81. The van der Waals surface area contributed by atoms with Gasteiger partial charge in [-0.05, 0) is 59.9 Å². The summed E-state index contributed by atoms with van der Waals surface area (Å²) in [6.45, 7) is 11.6. The van der Waals surface area contributed by atoms with Crippen molar-refractivity contribution in [1.29, 1.82) is 0 Å². The zero-order valence-corrected chi connectivity index (χ0v) is 26.4. The number of carbonyl (C=O) groups is 2. The zero-order valence-electron chi connectivity index (χ0n) is 25.6. The second-order valence-electron chi connectivity index (χ2n) is 12.0. The van der Waals surface area contributed by atoms with Crippen LogP contribution >= 0.6 is 7.60 Å². The van der Waals surface area contributed by atoms with E-state index in [1.807, 2.05) is 6.20 Å². The number of rotatable bonds is 16. The number of aryl methyl sites for hydroxylation is 1.